The van der Waals surface area contributed by atoms with Gasteiger partial charge in [-0.05, 0) is 89.9 Å². The van der Waals surface area contributed by atoms with Gasteiger partial charge in [0.1, 0.15) is 12.7 Å². The van der Waals surface area contributed by atoms with Gasteiger partial charge in [0.15, 0.2) is 6.10 Å². The summed E-state index contributed by atoms with van der Waals surface area (Å²) in [6, 6.07) is 0. The molecule has 0 saturated carbocycles. The molecule has 0 amide bonds. The average molecular weight is 889 g/mol. The SMILES string of the molecule is CCCCC/C=C\C/C=C\C/C=C\CCCCC(=O)OC[C@H](COP(=O)(O)OC[C@@H](O)COP(=O)(O)O)OC(=O)CCCC1OC1C/C=C\C/C=C\C/C=C\CCCCC. The predicted octanol–water partition coefficient (Wildman–Crippen LogP) is 9.99. The first kappa shape index (κ1) is 55.5. The molecule has 0 bridgehead atoms. The van der Waals surface area contributed by atoms with E-state index in [-0.39, 0.29) is 25.0 Å². The second-order valence-electron chi connectivity index (χ2n) is 14.6. The molecule has 0 aromatic carbocycles. The number of allylic oxidation sites excluding steroid dienone is 11. The number of hydrogen-bond donors (Lipinski definition) is 4. The molecule has 1 rings (SSSR count). The first-order valence-corrected chi connectivity index (χ1v) is 24.8. The van der Waals surface area contributed by atoms with Crippen LogP contribution >= 0.6 is 15.6 Å². The number of aliphatic hydroxyl groups is 1. The van der Waals surface area contributed by atoms with Gasteiger partial charge in [-0.25, -0.2) is 9.13 Å². The summed E-state index contributed by atoms with van der Waals surface area (Å²) in [6.45, 7) is 1.56. The number of aliphatic hydroxyl groups excluding tert-OH is 1. The molecule has 0 aromatic heterocycles. The molecule has 344 valence electrons. The molecular weight excluding hydrogens is 814 g/mol. The van der Waals surface area contributed by atoms with Crippen LogP contribution in [-0.4, -0.2) is 82.6 Å². The van der Waals surface area contributed by atoms with Crippen LogP contribution in [0.5, 0.6) is 0 Å². The maximum atomic E-state index is 12.7. The summed E-state index contributed by atoms with van der Waals surface area (Å²) in [6.07, 6.45) is 40.6. The fraction of sp³-hybridized carbons (Fsp3) is 0.682. The van der Waals surface area contributed by atoms with E-state index in [1.165, 1.54) is 38.5 Å². The third-order valence-corrected chi connectivity index (χ3v) is 10.4. The summed E-state index contributed by atoms with van der Waals surface area (Å²) in [5.74, 6) is -1.16. The molecular formula is C44H74O14P2. The number of esters is 2. The lowest BCUT2D eigenvalue weighted by atomic mass is 10.1. The highest BCUT2D eigenvalue weighted by molar-refractivity contribution is 7.47. The number of rotatable bonds is 39. The fourth-order valence-electron chi connectivity index (χ4n) is 5.56. The van der Waals surface area contributed by atoms with Gasteiger partial charge in [-0.1, -0.05) is 112 Å². The molecule has 1 heterocycles. The Morgan fingerprint density at radius 3 is 1.62 bits per heavy atom. The second-order valence-corrected chi connectivity index (χ2v) is 17.3. The molecule has 1 aliphatic rings. The lowest BCUT2D eigenvalue weighted by molar-refractivity contribution is -0.161. The number of unbranched alkanes of at least 4 members (excludes halogenated alkanes) is 8. The van der Waals surface area contributed by atoms with Crippen molar-refractivity contribution >= 4 is 27.6 Å². The van der Waals surface area contributed by atoms with Gasteiger partial charge in [0, 0.05) is 12.8 Å². The van der Waals surface area contributed by atoms with Crippen molar-refractivity contribution in [3.8, 4) is 0 Å². The van der Waals surface area contributed by atoms with Crippen LogP contribution in [0.3, 0.4) is 0 Å². The van der Waals surface area contributed by atoms with E-state index in [1.807, 2.05) is 0 Å². The van der Waals surface area contributed by atoms with Crippen molar-refractivity contribution in [2.24, 2.45) is 0 Å². The minimum absolute atomic E-state index is 0.0310. The Morgan fingerprint density at radius 1 is 0.583 bits per heavy atom. The molecule has 1 saturated heterocycles. The summed E-state index contributed by atoms with van der Waals surface area (Å²) in [4.78, 5) is 52.8. The van der Waals surface area contributed by atoms with Gasteiger partial charge in [-0.3, -0.25) is 23.2 Å². The van der Waals surface area contributed by atoms with Crippen LogP contribution in [0.1, 0.15) is 142 Å². The number of carbonyl (C=O) groups is 2. The average Bonchev–Trinajstić information content (AvgIpc) is 3.96. The fourth-order valence-corrected chi connectivity index (χ4v) is 6.71. The molecule has 60 heavy (non-hydrogen) atoms. The Morgan fingerprint density at radius 2 is 1.07 bits per heavy atom. The van der Waals surface area contributed by atoms with Crippen molar-refractivity contribution in [1.82, 2.24) is 0 Å². The van der Waals surface area contributed by atoms with Gasteiger partial charge in [0.25, 0.3) is 0 Å². The number of hydrogen-bond acceptors (Lipinski definition) is 11. The summed E-state index contributed by atoms with van der Waals surface area (Å²) in [5, 5.41) is 9.75. The normalized spacial score (nSPS) is 18.1. The van der Waals surface area contributed by atoms with Crippen LogP contribution in [0.15, 0.2) is 72.9 Å². The third kappa shape index (κ3) is 36.2. The second kappa shape index (κ2) is 36.0. The number of carbonyl (C=O) groups excluding carboxylic acids is 2. The van der Waals surface area contributed by atoms with Crippen molar-refractivity contribution < 1.29 is 66.3 Å². The molecule has 4 N–H and O–H groups in total. The number of ether oxygens (including phenoxy) is 3. The van der Waals surface area contributed by atoms with Crippen molar-refractivity contribution in [1.29, 1.82) is 0 Å². The van der Waals surface area contributed by atoms with E-state index < -0.39 is 66.2 Å². The topological polar surface area (TPSA) is 208 Å². The highest BCUT2D eigenvalue weighted by Crippen LogP contribution is 2.44. The van der Waals surface area contributed by atoms with Crippen LogP contribution in [0.25, 0.3) is 0 Å². The van der Waals surface area contributed by atoms with E-state index in [4.69, 9.17) is 28.5 Å². The van der Waals surface area contributed by atoms with Crippen molar-refractivity contribution in [2.75, 3.05) is 26.4 Å². The Kier molecular flexibility index (Phi) is 33.4. The minimum atomic E-state index is -4.88. The molecule has 14 nitrogen and oxygen atoms in total. The first-order chi connectivity index (χ1) is 28.8. The monoisotopic (exact) mass is 888 g/mol. The van der Waals surface area contributed by atoms with Crippen LogP contribution in [0.2, 0.25) is 0 Å². The molecule has 16 heteroatoms. The van der Waals surface area contributed by atoms with E-state index in [2.05, 4.69) is 95.8 Å². The zero-order valence-electron chi connectivity index (χ0n) is 36.0. The quantitative estimate of drug-likeness (QED) is 0.0149. The number of phosphoric acid groups is 2. The van der Waals surface area contributed by atoms with Crippen molar-refractivity contribution in [3.63, 3.8) is 0 Å². The molecule has 0 aliphatic carbocycles. The Balaban J connectivity index is 2.46. The van der Waals surface area contributed by atoms with E-state index in [9.17, 15) is 28.7 Å². The summed E-state index contributed by atoms with van der Waals surface area (Å²) in [7, 11) is -9.72. The van der Waals surface area contributed by atoms with Gasteiger partial charge < -0.3 is 34.0 Å². The van der Waals surface area contributed by atoms with E-state index >= 15 is 0 Å². The van der Waals surface area contributed by atoms with E-state index in [0.29, 0.717) is 19.3 Å². The molecule has 1 aliphatic heterocycles. The van der Waals surface area contributed by atoms with E-state index in [0.717, 1.165) is 57.8 Å². The Bertz CT molecular complexity index is 1400. The zero-order chi connectivity index (χ0) is 44.2. The molecule has 5 atom stereocenters. The summed E-state index contributed by atoms with van der Waals surface area (Å²) in [5.41, 5.74) is 0. The predicted molar refractivity (Wildman–Crippen MR) is 234 cm³/mol. The smallest absolute Gasteiger partial charge is 0.462 e. The van der Waals surface area contributed by atoms with E-state index in [1.54, 1.807) is 0 Å². The van der Waals surface area contributed by atoms with Gasteiger partial charge in [0.05, 0.1) is 32.0 Å². The Hall–Kier alpha value is -2.48. The van der Waals surface area contributed by atoms with Crippen molar-refractivity contribution in [3.05, 3.63) is 72.9 Å². The van der Waals surface area contributed by atoms with Gasteiger partial charge in [-0.15, -0.1) is 0 Å². The Labute approximate surface area is 359 Å². The number of epoxide rings is 1. The maximum Gasteiger partial charge on any atom is 0.472 e. The zero-order valence-corrected chi connectivity index (χ0v) is 37.8. The standard InChI is InChI=1S/C44H74O14P2/c1-3-5-7-9-11-13-15-17-18-19-21-23-25-27-29-33-43(46)53-37-40(38-56-60(51,52)55-36-39(45)35-54-59(48,49)50)57-44(47)34-30-32-42-41(58-42)31-28-26-24-22-20-16-14-12-10-8-6-4-2/h11-14,17-18,20-23,26,28,39-42,45H,3-10,15-16,19,24-25,27,29-38H2,1-2H3,(H,51,52)(H2,48,49,50)/b13-11-,14-12-,18-17-,22-20-,23-21-,28-26-/t39-,40+,41?,42?/m0/s1. The van der Waals surface area contributed by atoms with Crippen LogP contribution in [-0.2, 0) is 46.5 Å². The lowest BCUT2D eigenvalue weighted by Crippen LogP contribution is -2.30. The first-order valence-electron chi connectivity index (χ1n) is 21.8. The van der Waals surface area contributed by atoms with Crippen molar-refractivity contribution in [2.45, 2.75) is 167 Å². The molecule has 0 aromatic rings. The molecule has 1 fully saturated rings. The minimum Gasteiger partial charge on any atom is -0.462 e. The summed E-state index contributed by atoms with van der Waals surface area (Å²) < 4.78 is 53.5. The molecule has 3 unspecified atom stereocenters. The maximum absolute atomic E-state index is 12.7. The molecule has 0 radical (unpaired) electrons. The van der Waals surface area contributed by atoms with Crippen LogP contribution < -0.4 is 0 Å². The van der Waals surface area contributed by atoms with Gasteiger partial charge >= 0.3 is 27.6 Å². The highest BCUT2D eigenvalue weighted by atomic mass is 31.2. The highest BCUT2D eigenvalue weighted by Gasteiger charge is 2.37. The van der Waals surface area contributed by atoms with Gasteiger partial charge in [-0.2, -0.15) is 0 Å². The lowest BCUT2D eigenvalue weighted by Gasteiger charge is -2.20. The largest absolute Gasteiger partial charge is 0.472 e. The van der Waals surface area contributed by atoms with Crippen LogP contribution in [0, 0.1) is 0 Å². The molecule has 0 spiro atoms. The van der Waals surface area contributed by atoms with Gasteiger partial charge in [0.2, 0.25) is 0 Å². The van der Waals surface area contributed by atoms with Crippen LogP contribution in [0.4, 0.5) is 0 Å². The summed E-state index contributed by atoms with van der Waals surface area (Å²) >= 11 is 0. The third-order valence-electron chi connectivity index (χ3n) is 8.98. The number of phosphoric ester groups is 2.